The Morgan fingerprint density at radius 1 is 1.33 bits per heavy atom. The van der Waals surface area contributed by atoms with Crippen LogP contribution in [0.5, 0.6) is 0 Å². The van der Waals surface area contributed by atoms with Gasteiger partial charge in [0.2, 0.25) is 0 Å². The van der Waals surface area contributed by atoms with Crippen LogP contribution >= 0.6 is 0 Å². The standard InChI is InChI=1S/C10H22N2/c1-4-9(5-2)8-12(3)10-6-11-7-10/h9-11H,4-8H2,1-3H3. The van der Waals surface area contributed by atoms with Crippen LogP contribution in [0, 0.1) is 5.92 Å². The molecule has 0 spiro atoms. The Balaban J connectivity index is 2.18. The van der Waals surface area contributed by atoms with E-state index in [4.69, 9.17) is 0 Å². The molecule has 0 saturated carbocycles. The van der Waals surface area contributed by atoms with Crippen molar-refractivity contribution in [3.63, 3.8) is 0 Å². The van der Waals surface area contributed by atoms with E-state index in [2.05, 4.69) is 31.1 Å². The van der Waals surface area contributed by atoms with Gasteiger partial charge in [0.05, 0.1) is 0 Å². The van der Waals surface area contributed by atoms with Crippen LogP contribution in [0.4, 0.5) is 0 Å². The highest BCUT2D eigenvalue weighted by molar-refractivity contribution is 4.83. The van der Waals surface area contributed by atoms with E-state index in [1.54, 1.807) is 0 Å². The van der Waals surface area contributed by atoms with Crippen LogP contribution in [0.1, 0.15) is 26.7 Å². The molecule has 2 nitrogen and oxygen atoms in total. The zero-order chi connectivity index (χ0) is 8.97. The summed E-state index contributed by atoms with van der Waals surface area (Å²) in [6.07, 6.45) is 2.64. The summed E-state index contributed by atoms with van der Waals surface area (Å²) in [5, 5.41) is 3.31. The number of nitrogens with one attached hydrogen (secondary N) is 1. The Hall–Kier alpha value is -0.0800. The molecule has 1 rings (SSSR count). The van der Waals surface area contributed by atoms with Crippen LogP contribution < -0.4 is 5.32 Å². The minimum Gasteiger partial charge on any atom is -0.314 e. The lowest BCUT2D eigenvalue weighted by Crippen LogP contribution is -2.56. The molecule has 0 aromatic carbocycles. The molecule has 0 radical (unpaired) electrons. The molecule has 0 amide bonds. The summed E-state index contributed by atoms with van der Waals surface area (Å²) in [6.45, 7) is 8.24. The van der Waals surface area contributed by atoms with Crippen molar-refractivity contribution >= 4 is 0 Å². The molecule has 2 heteroatoms. The van der Waals surface area contributed by atoms with Crippen molar-refractivity contribution in [2.45, 2.75) is 32.7 Å². The Labute approximate surface area is 76.3 Å². The third-order valence-corrected chi connectivity index (χ3v) is 3.08. The van der Waals surface area contributed by atoms with Crippen LogP contribution in [0.15, 0.2) is 0 Å². The summed E-state index contributed by atoms with van der Waals surface area (Å²) in [4.78, 5) is 2.51. The van der Waals surface area contributed by atoms with Crippen LogP contribution in [0.2, 0.25) is 0 Å². The Morgan fingerprint density at radius 3 is 2.25 bits per heavy atom. The predicted octanol–water partition coefficient (Wildman–Crippen LogP) is 1.33. The van der Waals surface area contributed by atoms with E-state index < -0.39 is 0 Å². The molecular formula is C10H22N2. The van der Waals surface area contributed by atoms with E-state index in [0.29, 0.717) is 0 Å². The van der Waals surface area contributed by atoms with Gasteiger partial charge in [0.15, 0.2) is 0 Å². The Kier molecular flexibility index (Phi) is 4.02. The quantitative estimate of drug-likeness (QED) is 0.669. The van der Waals surface area contributed by atoms with Gasteiger partial charge in [0, 0.05) is 25.7 Å². The van der Waals surface area contributed by atoms with Gasteiger partial charge in [0.1, 0.15) is 0 Å². The molecule has 1 N–H and O–H groups in total. The molecule has 1 fully saturated rings. The fraction of sp³-hybridized carbons (Fsp3) is 1.00. The van der Waals surface area contributed by atoms with Gasteiger partial charge in [0.25, 0.3) is 0 Å². The molecule has 0 aromatic rings. The Morgan fingerprint density at radius 2 is 1.92 bits per heavy atom. The second-order valence-corrected chi connectivity index (χ2v) is 3.93. The van der Waals surface area contributed by atoms with Crippen LogP contribution in [0.25, 0.3) is 0 Å². The smallest absolute Gasteiger partial charge is 0.0342 e. The maximum Gasteiger partial charge on any atom is 0.0342 e. The van der Waals surface area contributed by atoms with E-state index in [-0.39, 0.29) is 0 Å². The topological polar surface area (TPSA) is 15.3 Å². The fourth-order valence-corrected chi connectivity index (χ4v) is 1.69. The average molecular weight is 170 g/mol. The van der Waals surface area contributed by atoms with Gasteiger partial charge in [-0.15, -0.1) is 0 Å². The van der Waals surface area contributed by atoms with Crippen molar-refractivity contribution in [1.29, 1.82) is 0 Å². The number of hydrogen-bond acceptors (Lipinski definition) is 2. The molecule has 12 heavy (non-hydrogen) atoms. The van der Waals surface area contributed by atoms with E-state index in [1.165, 1.54) is 32.5 Å². The second kappa shape index (κ2) is 4.83. The maximum atomic E-state index is 3.31. The van der Waals surface area contributed by atoms with Crippen molar-refractivity contribution in [2.24, 2.45) is 5.92 Å². The Bertz CT molecular complexity index is 117. The normalized spacial score (nSPS) is 18.8. The first kappa shape index (κ1) is 10.0. The van der Waals surface area contributed by atoms with E-state index >= 15 is 0 Å². The van der Waals surface area contributed by atoms with Crippen LogP contribution in [-0.2, 0) is 0 Å². The summed E-state index contributed by atoms with van der Waals surface area (Å²) in [6, 6.07) is 0.811. The molecule has 0 bridgehead atoms. The molecule has 0 aliphatic carbocycles. The first-order chi connectivity index (χ1) is 5.77. The predicted molar refractivity (Wildman–Crippen MR) is 53.4 cm³/mol. The van der Waals surface area contributed by atoms with Crippen molar-refractivity contribution < 1.29 is 0 Å². The number of rotatable bonds is 5. The summed E-state index contributed by atoms with van der Waals surface area (Å²) in [5.74, 6) is 0.899. The van der Waals surface area contributed by atoms with E-state index in [0.717, 1.165) is 12.0 Å². The van der Waals surface area contributed by atoms with Gasteiger partial charge in [-0.25, -0.2) is 0 Å². The highest BCUT2D eigenvalue weighted by Gasteiger charge is 2.22. The van der Waals surface area contributed by atoms with Gasteiger partial charge in [-0.2, -0.15) is 0 Å². The maximum absolute atomic E-state index is 3.31. The second-order valence-electron chi connectivity index (χ2n) is 3.93. The molecule has 0 atom stereocenters. The summed E-state index contributed by atoms with van der Waals surface area (Å²) in [5.41, 5.74) is 0. The molecule has 1 aliphatic heterocycles. The molecule has 1 heterocycles. The fourth-order valence-electron chi connectivity index (χ4n) is 1.69. The summed E-state index contributed by atoms with van der Waals surface area (Å²) in [7, 11) is 2.25. The third kappa shape index (κ3) is 2.46. The van der Waals surface area contributed by atoms with Gasteiger partial charge >= 0.3 is 0 Å². The van der Waals surface area contributed by atoms with Crippen molar-refractivity contribution in [3.8, 4) is 0 Å². The molecule has 1 saturated heterocycles. The lowest BCUT2D eigenvalue weighted by atomic mass is 10.0. The monoisotopic (exact) mass is 170 g/mol. The zero-order valence-corrected chi connectivity index (χ0v) is 8.64. The average Bonchev–Trinajstić information content (AvgIpc) is 1.96. The highest BCUT2D eigenvalue weighted by atomic mass is 15.2. The van der Waals surface area contributed by atoms with E-state index in [9.17, 15) is 0 Å². The molecule has 72 valence electrons. The molecular weight excluding hydrogens is 148 g/mol. The lowest BCUT2D eigenvalue weighted by molar-refractivity contribution is 0.153. The van der Waals surface area contributed by atoms with Gasteiger partial charge in [-0.1, -0.05) is 26.7 Å². The van der Waals surface area contributed by atoms with Gasteiger partial charge in [-0.3, -0.25) is 0 Å². The molecule has 1 aliphatic rings. The van der Waals surface area contributed by atoms with Gasteiger partial charge in [-0.05, 0) is 13.0 Å². The van der Waals surface area contributed by atoms with Gasteiger partial charge < -0.3 is 10.2 Å². The van der Waals surface area contributed by atoms with Crippen molar-refractivity contribution in [1.82, 2.24) is 10.2 Å². The highest BCUT2D eigenvalue weighted by Crippen LogP contribution is 2.12. The minimum atomic E-state index is 0.811. The first-order valence-electron chi connectivity index (χ1n) is 5.18. The number of nitrogens with zero attached hydrogens (tertiary/aromatic N) is 1. The van der Waals surface area contributed by atoms with Crippen LogP contribution in [0.3, 0.4) is 0 Å². The third-order valence-electron chi connectivity index (χ3n) is 3.08. The number of hydrogen-bond donors (Lipinski definition) is 1. The summed E-state index contributed by atoms with van der Waals surface area (Å²) < 4.78 is 0. The SMILES string of the molecule is CCC(CC)CN(C)C1CNC1. The number of likely N-dealkylation sites (N-methyl/N-ethyl adjacent to an activating group) is 1. The van der Waals surface area contributed by atoms with Crippen molar-refractivity contribution in [2.75, 3.05) is 26.7 Å². The summed E-state index contributed by atoms with van der Waals surface area (Å²) >= 11 is 0. The van der Waals surface area contributed by atoms with E-state index in [1.807, 2.05) is 0 Å². The first-order valence-corrected chi connectivity index (χ1v) is 5.18. The minimum absolute atomic E-state index is 0.811. The van der Waals surface area contributed by atoms with Crippen LogP contribution in [-0.4, -0.2) is 37.6 Å². The zero-order valence-electron chi connectivity index (χ0n) is 8.64. The molecule has 0 unspecified atom stereocenters. The lowest BCUT2D eigenvalue weighted by Gasteiger charge is -2.37. The largest absolute Gasteiger partial charge is 0.314 e. The molecule has 0 aromatic heterocycles. The van der Waals surface area contributed by atoms with Crippen molar-refractivity contribution in [3.05, 3.63) is 0 Å².